The molecule has 0 bridgehead atoms. The number of para-hydroxylation sites is 6. The van der Waals surface area contributed by atoms with E-state index in [1.54, 1.807) is 4.57 Å². The molecule has 25 rings (SSSR count). The highest BCUT2D eigenvalue weighted by Crippen LogP contribution is 2.59. The third-order valence-corrected chi connectivity index (χ3v) is 24.2. The smallest absolute Gasteiger partial charge is 0.252 e. The van der Waals surface area contributed by atoms with Crippen LogP contribution >= 0.6 is 0 Å². The Hall–Kier alpha value is -15.8. The van der Waals surface area contributed by atoms with Crippen LogP contribution in [0.5, 0.6) is 0 Å². The minimum atomic E-state index is -0.919. The Bertz CT molecular complexity index is 8880. The SMILES string of the molecule is [2H]c1c([2H])c([2H])c2c(c1[2H])c1c([2H])c(C#N)c([2H])c([2H])c1n2-c1ccc2c(c1)N(c1c(-c3cccc4oc5ccccc5c34)cc(-c3ccccc3)c3oc4ccccc4c13)c1cc(C(C)(C)C)cc3c1B2c1ccc(-n2c4c([2H])c([2H])c([2H])c([2H])c4c4c([2H])c([N+]#[C-])c([2H])c([2H])c42)cc1N3c1c(-c2cccc3oc4ccccc4c23)cc(-c2ccccc2)c2oc3ccccc3c12. The largest absolute Gasteiger partial charge is 0.456 e. The molecule has 119 heavy (non-hydrogen) atoms. The summed E-state index contributed by atoms with van der Waals surface area (Å²) in [5, 5.41) is 16.4. The molecule has 6 aromatic heterocycles. The van der Waals surface area contributed by atoms with Crippen LogP contribution in [0.2, 0.25) is 0 Å². The van der Waals surface area contributed by atoms with Gasteiger partial charge in [0.15, 0.2) is 5.69 Å². The predicted molar refractivity (Wildman–Crippen MR) is 490 cm³/mol. The zero-order valence-corrected chi connectivity index (χ0v) is 63.6. The maximum Gasteiger partial charge on any atom is 0.252 e. The van der Waals surface area contributed by atoms with Gasteiger partial charge < -0.3 is 36.6 Å². The maximum absolute atomic E-state index is 10.8. The van der Waals surface area contributed by atoms with Crippen LogP contribution in [-0.2, 0) is 5.41 Å². The zero-order chi connectivity index (χ0) is 91.0. The van der Waals surface area contributed by atoms with Crippen LogP contribution in [0, 0.1) is 17.9 Å². The van der Waals surface area contributed by atoms with E-state index in [1.165, 1.54) is 4.57 Å². The standard InChI is InChI=1S/C108H65BN6O4/c1-108(2,3)65-54-91-103-92(55-65)115(105-82(72-36-24-44-98-100(72)74-32-14-20-40-94(74)117-98)60-78(64-27-9-6-10-28-64)107-102(105)76-34-16-22-42-96(76)119-107)90-58-68(113-86-38-18-12-30-70(86)80-56-66(111-4)46-52-88(80)113)48-50-84(90)109(103)83-49-47-67(112-85-37-17-11-29-69(85)79-53-62(61-110)45-51-87(79)112)57-89(83)114(91)104-81(71-35-23-43-97-99(71)73-31-13-19-39-93(73)116-97)59-77(63-25-7-5-8-26-63)106-101(104)75-33-15-21-41-95(75)118-106/h5-60H,1-3H3/i11D,12D,17D,18D,29D,30D,37D,38D,45D,46D,51D,52D,53D,56D. The summed E-state index contributed by atoms with van der Waals surface area (Å²) in [4.78, 5) is 8.21. The van der Waals surface area contributed by atoms with Crippen LogP contribution in [0.3, 0.4) is 0 Å². The van der Waals surface area contributed by atoms with E-state index in [1.807, 2.05) is 176 Å². The Labute approximate surface area is 701 Å². The Morgan fingerprint density at radius 3 is 1.26 bits per heavy atom. The number of nitrogens with zero attached hydrogens (tertiary/aromatic N) is 6. The molecule has 23 aromatic rings. The van der Waals surface area contributed by atoms with Crippen molar-refractivity contribution in [1.29, 1.82) is 5.26 Å². The van der Waals surface area contributed by atoms with Crippen LogP contribution in [0.1, 0.15) is 51.1 Å². The number of anilines is 6. The Morgan fingerprint density at radius 1 is 0.370 bits per heavy atom. The Kier molecular flexibility index (Phi) is 11.3. The van der Waals surface area contributed by atoms with Crippen molar-refractivity contribution in [3.8, 4) is 62.0 Å². The van der Waals surface area contributed by atoms with Gasteiger partial charge in [-0.05, 0) is 182 Å². The zero-order valence-electron chi connectivity index (χ0n) is 77.6. The van der Waals surface area contributed by atoms with Gasteiger partial charge in [-0.15, -0.1) is 0 Å². The van der Waals surface area contributed by atoms with Crippen molar-refractivity contribution in [1.82, 2.24) is 9.13 Å². The van der Waals surface area contributed by atoms with Crippen molar-refractivity contribution in [3.05, 3.63) is 362 Å². The molecule has 0 amide bonds. The van der Waals surface area contributed by atoms with Crippen molar-refractivity contribution < 1.29 is 36.9 Å². The molecule has 8 heterocycles. The van der Waals surface area contributed by atoms with E-state index in [-0.39, 0.29) is 55.0 Å². The lowest BCUT2D eigenvalue weighted by atomic mass is 9.33. The summed E-state index contributed by atoms with van der Waals surface area (Å²) in [5.41, 5.74) is 15.4. The molecule has 0 N–H and O–H groups in total. The van der Waals surface area contributed by atoms with Gasteiger partial charge in [0.1, 0.15) is 44.7 Å². The number of furan rings is 4. The van der Waals surface area contributed by atoms with Crippen LogP contribution in [0.15, 0.2) is 357 Å². The minimum absolute atomic E-state index is 0.110. The molecular formula is C108H65BN6O4. The highest BCUT2D eigenvalue weighted by molar-refractivity contribution is 7.00. The lowest BCUT2D eigenvalue weighted by Crippen LogP contribution is -2.61. The van der Waals surface area contributed by atoms with Crippen molar-refractivity contribution in [2.24, 2.45) is 0 Å². The first-order valence-electron chi connectivity index (χ1n) is 46.3. The van der Waals surface area contributed by atoms with Gasteiger partial charge in [-0.3, -0.25) is 0 Å². The molecule has 10 nitrogen and oxygen atoms in total. The molecule has 2 aliphatic rings. The first-order valence-corrected chi connectivity index (χ1v) is 39.3. The molecule has 0 saturated carbocycles. The fraction of sp³-hybridized carbons (Fsp3) is 0.0370. The number of hydrogen-bond acceptors (Lipinski definition) is 7. The van der Waals surface area contributed by atoms with Gasteiger partial charge >= 0.3 is 0 Å². The molecule has 0 aliphatic carbocycles. The fourth-order valence-electron chi connectivity index (χ4n) is 19.1. The number of aromatic nitrogens is 2. The van der Waals surface area contributed by atoms with E-state index < -0.39 is 108 Å². The molecule has 0 saturated heterocycles. The second-order valence-electron chi connectivity index (χ2n) is 31.6. The van der Waals surface area contributed by atoms with Crippen molar-refractivity contribution >= 4 is 194 Å². The van der Waals surface area contributed by atoms with E-state index in [0.717, 1.165) is 76.7 Å². The normalized spacial score (nSPS) is 14.4. The van der Waals surface area contributed by atoms with E-state index in [0.29, 0.717) is 112 Å². The number of nitriles is 1. The van der Waals surface area contributed by atoms with Crippen LogP contribution < -0.4 is 26.2 Å². The van der Waals surface area contributed by atoms with Gasteiger partial charge in [-0.2, -0.15) is 5.26 Å². The average molecular weight is 1540 g/mol. The van der Waals surface area contributed by atoms with Gasteiger partial charge in [0.25, 0.3) is 6.71 Å². The van der Waals surface area contributed by atoms with Gasteiger partial charge in [-0.1, -0.05) is 233 Å². The molecular weight excluding hydrogens is 1460 g/mol. The molecule has 554 valence electrons. The molecule has 17 aromatic carbocycles. The van der Waals surface area contributed by atoms with E-state index in [2.05, 4.69) is 120 Å². The first kappa shape index (κ1) is 54.1. The molecule has 0 atom stereocenters. The summed E-state index contributed by atoms with van der Waals surface area (Å²) in [6, 6.07) is 78.8. The maximum atomic E-state index is 10.8. The minimum Gasteiger partial charge on any atom is -0.456 e. The Morgan fingerprint density at radius 2 is 0.790 bits per heavy atom. The second-order valence-corrected chi connectivity index (χ2v) is 31.6. The summed E-state index contributed by atoms with van der Waals surface area (Å²) in [6.07, 6.45) is 0. The lowest BCUT2D eigenvalue weighted by Gasteiger charge is -2.46. The number of benzene rings is 17. The third-order valence-electron chi connectivity index (χ3n) is 24.2. The second kappa shape index (κ2) is 24.9. The molecule has 0 unspecified atom stereocenters. The van der Waals surface area contributed by atoms with Crippen LogP contribution in [-0.4, -0.2) is 15.8 Å². The number of fused-ring (bicyclic) bond motifs is 22. The molecule has 0 radical (unpaired) electrons. The molecule has 0 spiro atoms. The van der Waals surface area contributed by atoms with Gasteiger partial charge in [0.2, 0.25) is 0 Å². The topological polar surface area (TPSA) is 97.0 Å². The first-order chi connectivity index (χ1) is 64.4. The van der Waals surface area contributed by atoms with Gasteiger partial charge in [0.05, 0.1) is 78.9 Å². The average Bonchev–Trinajstić information content (AvgIpc) is 1.61. The van der Waals surface area contributed by atoms with Crippen LogP contribution in [0.4, 0.5) is 39.8 Å². The monoisotopic (exact) mass is 1530 g/mol. The van der Waals surface area contributed by atoms with Crippen molar-refractivity contribution in [2.75, 3.05) is 9.80 Å². The van der Waals surface area contributed by atoms with E-state index >= 15 is 0 Å². The fourth-order valence-corrected chi connectivity index (χ4v) is 19.1. The van der Waals surface area contributed by atoms with Gasteiger partial charge in [-0.25, -0.2) is 4.85 Å². The lowest BCUT2D eigenvalue weighted by molar-refractivity contribution is 0.590. The highest BCUT2D eigenvalue weighted by atomic mass is 16.3. The van der Waals surface area contributed by atoms with Crippen molar-refractivity contribution in [2.45, 2.75) is 26.2 Å². The molecule has 2 aliphatic heterocycles. The number of rotatable bonds is 8. The van der Waals surface area contributed by atoms with Crippen molar-refractivity contribution in [3.63, 3.8) is 0 Å². The summed E-state index contributed by atoms with van der Waals surface area (Å²) in [6.45, 7) is 13.9. The molecule has 0 fully saturated rings. The quantitative estimate of drug-likeness (QED) is 0.110. The van der Waals surface area contributed by atoms with E-state index in [4.69, 9.17) is 24.2 Å². The predicted octanol–water partition coefficient (Wildman–Crippen LogP) is 27.9. The summed E-state index contributed by atoms with van der Waals surface area (Å²) >= 11 is 0. The Balaban J connectivity index is 0.918. The number of hydrogen-bond donors (Lipinski definition) is 0. The highest BCUT2D eigenvalue weighted by Gasteiger charge is 2.47. The molecule has 11 heteroatoms. The summed E-state index contributed by atoms with van der Waals surface area (Å²) in [7, 11) is 0. The van der Waals surface area contributed by atoms with Gasteiger partial charge in [0, 0.05) is 108 Å². The van der Waals surface area contributed by atoms with E-state index in [9.17, 15) is 24.5 Å². The van der Waals surface area contributed by atoms with Crippen LogP contribution in [0.25, 0.3) is 192 Å². The summed E-state index contributed by atoms with van der Waals surface area (Å²) in [5.74, 6) is 0. The third kappa shape index (κ3) is 9.52. The summed E-state index contributed by atoms with van der Waals surface area (Å²) < 4.78 is 168.